The molecule has 3 heteroatoms. The molecule has 0 saturated carbocycles. The molecule has 0 bridgehead atoms. The monoisotopic (exact) mass is 284 g/mol. The summed E-state index contributed by atoms with van der Waals surface area (Å²) in [5, 5.41) is 18.2. The van der Waals surface area contributed by atoms with Crippen molar-refractivity contribution in [2.24, 2.45) is 0 Å². The van der Waals surface area contributed by atoms with Gasteiger partial charge in [0, 0.05) is 6.42 Å². The molecule has 0 aliphatic rings. The van der Waals surface area contributed by atoms with Crippen LogP contribution in [0, 0.1) is 0 Å². The fourth-order valence-electron chi connectivity index (χ4n) is 2.20. The molecular weight excluding hydrogens is 252 g/mol. The van der Waals surface area contributed by atoms with Gasteiger partial charge in [-0.1, -0.05) is 64.0 Å². The van der Waals surface area contributed by atoms with Crippen LogP contribution in [0.1, 0.15) is 84.0 Å². The Morgan fingerprint density at radius 2 is 1.65 bits per heavy atom. The number of unbranched alkanes of at least 4 members (excludes halogenated alkanes) is 8. The van der Waals surface area contributed by atoms with Gasteiger partial charge >= 0.3 is 5.97 Å². The highest BCUT2D eigenvalue weighted by molar-refractivity contribution is 5.66. The Balaban J connectivity index is 3.24. The zero-order valence-electron chi connectivity index (χ0n) is 13.0. The molecule has 0 aromatic carbocycles. The van der Waals surface area contributed by atoms with Gasteiger partial charge in [0.15, 0.2) is 0 Å². The number of carboxylic acids is 1. The predicted octanol–water partition coefficient (Wildman–Crippen LogP) is 4.69. The number of hydrogen-bond donors (Lipinski definition) is 2. The van der Waals surface area contributed by atoms with Gasteiger partial charge in [-0.2, -0.15) is 0 Å². The molecule has 0 rings (SSSR count). The number of aliphatic hydroxyl groups excluding tert-OH is 1. The van der Waals surface area contributed by atoms with Gasteiger partial charge in [-0.25, -0.2) is 0 Å². The molecule has 0 aromatic rings. The third kappa shape index (κ3) is 15.2. The van der Waals surface area contributed by atoms with E-state index < -0.39 is 5.97 Å². The van der Waals surface area contributed by atoms with E-state index in [4.69, 9.17) is 5.11 Å². The molecule has 0 spiro atoms. The van der Waals surface area contributed by atoms with E-state index in [2.05, 4.69) is 13.0 Å². The Kier molecular flexibility index (Phi) is 14.0. The van der Waals surface area contributed by atoms with Crippen molar-refractivity contribution in [3.05, 3.63) is 12.2 Å². The normalized spacial score (nSPS) is 12.9. The fourth-order valence-corrected chi connectivity index (χ4v) is 2.20. The Bertz CT molecular complexity index is 249. The summed E-state index contributed by atoms with van der Waals surface area (Å²) in [6.07, 6.45) is 16.0. The molecule has 118 valence electrons. The number of aliphatic hydroxyl groups is 1. The quantitative estimate of drug-likeness (QED) is 0.359. The van der Waals surface area contributed by atoms with Crippen LogP contribution in [0.2, 0.25) is 0 Å². The minimum atomic E-state index is -0.687. The summed E-state index contributed by atoms with van der Waals surface area (Å²) in [7, 11) is 0. The van der Waals surface area contributed by atoms with E-state index in [-0.39, 0.29) is 6.10 Å². The first-order valence-electron chi connectivity index (χ1n) is 8.23. The van der Waals surface area contributed by atoms with Crippen molar-refractivity contribution in [3.63, 3.8) is 0 Å². The highest BCUT2D eigenvalue weighted by Gasteiger charge is 1.98. The van der Waals surface area contributed by atoms with Gasteiger partial charge in [0.05, 0.1) is 6.10 Å². The maximum absolute atomic E-state index is 10.3. The van der Waals surface area contributed by atoms with Crippen LogP contribution in [-0.2, 0) is 4.79 Å². The van der Waals surface area contributed by atoms with E-state index in [9.17, 15) is 9.90 Å². The molecule has 1 atom stereocenters. The molecule has 0 aliphatic heterocycles. The first-order chi connectivity index (χ1) is 9.66. The molecule has 0 aromatic heterocycles. The molecular formula is C17H32O3. The van der Waals surface area contributed by atoms with Crippen LogP contribution in [-0.4, -0.2) is 22.3 Å². The molecule has 2 N–H and O–H groups in total. The van der Waals surface area contributed by atoms with Crippen LogP contribution in [0.25, 0.3) is 0 Å². The van der Waals surface area contributed by atoms with Crippen molar-refractivity contribution in [1.82, 2.24) is 0 Å². The number of allylic oxidation sites excluding steroid dienone is 1. The van der Waals surface area contributed by atoms with E-state index in [1.54, 1.807) is 0 Å². The highest BCUT2D eigenvalue weighted by atomic mass is 16.4. The smallest absolute Gasteiger partial charge is 0.303 e. The first-order valence-corrected chi connectivity index (χ1v) is 8.23. The number of aliphatic carboxylic acids is 1. The summed E-state index contributed by atoms with van der Waals surface area (Å²) in [4.78, 5) is 10.3. The lowest BCUT2D eigenvalue weighted by Gasteiger charge is -2.04. The van der Waals surface area contributed by atoms with Gasteiger partial charge in [0.25, 0.3) is 0 Å². The summed E-state index contributed by atoms with van der Waals surface area (Å²) < 4.78 is 0. The van der Waals surface area contributed by atoms with Crippen molar-refractivity contribution < 1.29 is 15.0 Å². The summed E-state index contributed by atoms with van der Waals surface area (Å²) in [5.74, 6) is -0.687. The second kappa shape index (κ2) is 14.6. The van der Waals surface area contributed by atoms with Gasteiger partial charge in [-0.05, 0) is 25.7 Å². The minimum Gasteiger partial charge on any atom is -0.481 e. The van der Waals surface area contributed by atoms with Crippen LogP contribution in [0.15, 0.2) is 12.2 Å². The molecule has 0 unspecified atom stereocenters. The summed E-state index contributed by atoms with van der Waals surface area (Å²) in [6.45, 7) is 2.17. The van der Waals surface area contributed by atoms with Crippen LogP contribution in [0.3, 0.4) is 0 Å². The molecule has 0 saturated heterocycles. The largest absolute Gasteiger partial charge is 0.481 e. The zero-order chi connectivity index (χ0) is 15.1. The second-order valence-electron chi connectivity index (χ2n) is 5.55. The average molecular weight is 284 g/mol. The minimum absolute atomic E-state index is 0.266. The van der Waals surface area contributed by atoms with Crippen molar-refractivity contribution in [3.8, 4) is 0 Å². The van der Waals surface area contributed by atoms with E-state index in [1.165, 1.54) is 25.7 Å². The van der Waals surface area contributed by atoms with E-state index in [0.717, 1.165) is 44.9 Å². The maximum Gasteiger partial charge on any atom is 0.303 e. The second-order valence-corrected chi connectivity index (χ2v) is 5.55. The third-order valence-corrected chi connectivity index (χ3v) is 3.47. The van der Waals surface area contributed by atoms with Gasteiger partial charge < -0.3 is 10.2 Å². The van der Waals surface area contributed by atoms with Gasteiger partial charge in [0.1, 0.15) is 0 Å². The fraction of sp³-hybridized carbons (Fsp3) is 0.824. The lowest BCUT2D eigenvalue weighted by molar-refractivity contribution is -0.137. The van der Waals surface area contributed by atoms with E-state index in [0.29, 0.717) is 6.42 Å². The average Bonchev–Trinajstić information content (AvgIpc) is 2.41. The zero-order valence-corrected chi connectivity index (χ0v) is 13.0. The van der Waals surface area contributed by atoms with E-state index >= 15 is 0 Å². The summed E-state index contributed by atoms with van der Waals surface area (Å²) in [6, 6.07) is 0. The Morgan fingerprint density at radius 3 is 2.30 bits per heavy atom. The van der Waals surface area contributed by atoms with Crippen molar-refractivity contribution in [2.75, 3.05) is 0 Å². The molecule has 0 aliphatic carbocycles. The van der Waals surface area contributed by atoms with Crippen LogP contribution in [0.5, 0.6) is 0 Å². The Morgan fingerprint density at radius 1 is 1.00 bits per heavy atom. The van der Waals surface area contributed by atoms with Gasteiger partial charge in [0.2, 0.25) is 0 Å². The number of hydrogen-bond acceptors (Lipinski definition) is 2. The Labute approximate surface area is 124 Å². The van der Waals surface area contributed by atoms with Crippen molar-refractivity contribution >= 4 is 5.97 Å². The number of carbonyl (C=O) groups is 1. The van der Waals surface area contributed by atoms with E-state index in [1.807, 2.05) is 6.08 Å². The molecule has 0 fully saturated rings. The van der Waals surface area contributed by atoms with Gasteiger partial charge in [-0.15, -0.1) is 0 Å². The molecule has 0 amide bonds. The molecule has 0 heterocycles. The first kappa shape index (κ1) is 19.2. The highest BCUT2D eigenvalue weighted by Crippen LogP contribution is 2.10. The SMILES string of the molecule is CCCCC[C@@H](O)/C=C/CCCCCCCCC(=O)O. The molecule has 20 heavy (non-hydrogen) atoms. The molecule has 3 nitrogen and oxygen atoms in total. The predicted molar refractivity (Wildman–Crippen MR) is 83.9 cm³/mol. The maximum atomic E-state index is 10.3. The number of carboxylic acid groups (broad SMARTS) is 1. The van der Waals surface area contributed by atoms with Gasteiger partial charge in [-0.3, -0.25) is 4.79 Å². The lowest BCUT2D eigenvalue weighted by Crippen LogP contribution is -2.01. The van der Waals surface area contributed by atoms with Crippen molar-refractivity contribution in [2.45, 2.75) is 90.1 Å². The third-order valence-electron chi connectivity index (χ3n) is 3.47. The van der Waals surface area contributed by atoms with Crippen LogP contribution < -0.4 is 0 Å². The van der Waals surface area contributed by atoms with Crippen LogP contribution in [0.4, 0.5) is 0 Å². The molecule has 0 radical (unpaired) electrons. The summed E-state index contributed by atoms with van der Waals surface area (Å²) >= 11 is 0. The summed E-state index contributed by atoms with van der Waals surface area (Å²) in [5.41, 5.74) is 0. The Hall–Kier alpha value is -0.830. The van der Waals surface area contributed by atoms with Crippen LogP contribution >= 0.6 is 0 Å². The van der Waals surface area contributed by atoms with Crippen molar-refractivity contribution in [1.29, 1.82) is 0 Å². The number of rotatable bonds is 14. The standard InChI is InChI=1S/C17H32O3/c1-2-3-10-13-16(18)14-11-8-6-4-5-7-9-12-15-17(19)20/h11,14,16,18H,2-10,12-13,15H2,1H3,(H,19,20)/b14-11+/t16-/m1/s1. The topological polar surface area (TPSA) is 57.5 Å². The lowest BCUT2D eigenvalue weighted by atomic mass is 10.1.